The molecule has 2 aromatic rings. The van der Waals surface area contributed by atoms with Crippen molar-refractivity contribution in [3.05, 3.63) is 36.2 Å². The Bertz CT molecular complexity index is 793. The molecule has 1 atom stereocenters. The Hall–Kier alpha value is -3.01. The van der Waals surface area contributed by atoms with Crippen LogP contribution in [0.1, 0.15) is 16.8 Å². The van der Waals surface area contributed by atoms with Gasteiger partial charge in [-0.3, -0.25) is 9.48 Å². The number of amides is 1. The molecule has 1 amide bonds. The zero-order valence-corrected chi connectivity index (χ0v) is 13.7. The molecule has 1 aliphatic heterocycles. The van der Waals surface area contributed by atoms with E-state index in [0.717, 1.165) is 17.5 Å². The highest BCUT2D eigenvalue weighted by atomic mass is 16.5. The van der Waals surface area contributed by atoms with Crippen molar-refractivity contribution in [2.24, 2.45) is 7.05 Å². The van der Waals surface area contributed by atoms with Crippen LogP contribution in [0.4, 0.5) is 0 Å². The second-order valence-corrected chi connectivity index (χ2v) is 5.82. The van der Waals surface area contributed by atoms with E-state index in [2.05, 4.69) is 16.6 Å². The van der Waals surface area contributed by atoms with Crippen LogP contribution in [-0.4, -0.2) is 46.8 Å². The molecule has 1 aromatic heterocycles. The molecule has 1 fully saturated rings. The zero-order valence-electron chi connectivity index (χ0n) is 13.7. The molecular formula is C17H19N5O2. The molecule has 24 heavy (non-hydrogen) atoms. The Morgan fingerprint density at radius 3 is 2.96 bits per heavy atom. The van der Waals surface area contributed by atoms with E-state index in [0.29, 0.717) is 24.4 Å². The molecule has 0 bridgehead atoms. The van der Waals surface area contributed by atoms with Gasteiger partial charge in [0.2, 0.25) is 0 Å². The van der Waals surface area contributed by atoms with E-state index in [-0.39, 0.29) is 11.9 Å². The molecule has 1 aromatic carbocycles. The number of carbonyl (C=O) groups is 1. The number of ether oxygens (including phenoxy) is 1. The van der Waals surface area contributed by atoms with Gasteiger partial charge in [-0.1, -0.05) is 0 Å². The number of nitriles is 1. The number of nitrogens with one attached hydrogen (secondary N) is 1. The first-order valence-electron chi connectivity index (χ1n) is 7.73. The van der Waals surface area contributed by atoms with Crippen molar-refractivity contribution in [3.63, 3.8) is 0 Å². The van der Waals surface area contributed by atoms with Crippen LogP contribution in [0.2, 0.25) is 0 Å². The van der Waals surface area contributed by atoms with Gasteiger partial charge in [0.15, 0.2) is 6.19 Å². The fourth-order valence-corrected chi connectivity index (χ4v) is 2.87. The number of aromatic nitrogens is 2. The minimum absolute atomic E-state index is 0.00106. The van der Waals surface area contributed by atoms with Gasteiger partial charge >= 0.3 is 0 Å². The Balaban J connectivity index is 1.77. The Morgan fingerprint density at radius 2 is 2.33 bits per heavy atom. The summed E-state index contributed by atoms with van der Waals surface area (Å²) in [5.74, 6) is 0.469. The third-order valence-electron chi connectivity index (χ3n) is 4.14. The molecular weight excluding hydrogens is 306 g/mol. The summed E-state index contributed by atoms with van der Waals surface area (Å²) in [6.07, 6.45) is 6.54. The lowest BCUT2D eigenvalue weighted by atomic mass is 10.0. The average molecular weight is 325 g/mol. The zero-order chi connectivity index (χ0) is 17.1. The molecule has 7 heteroatoms. The maximum absolute atomic E-state index is 12.4. The molecule has 2 heterocycles. The quantitative estimate of drug-likeness (QED) is 0.859. The van der Waals surface area contributed by atoms with Crippen LogP contribution >= 0.6 is 0 Å². The topological polar surface area (TPSA) is 83.2 Å². The standard InChI is InChI=1S/C17H19N5O2/c1-21-9-13(8-19-21)15-4-3-12(7-16(15)24-2)17(23)20-14-5-6-22(10-14)11-18/h3-4,7-9,14H,5-6,10H2,1-2H3,(H,20,23)/t14-/m1/s1. The molecule has 1 N–H and O–H groups in total. The largest absolute Gasteiger partial charge is 0.496 e. The lowest BCUT2D eigenvalue weighted by molar-refractivity contribution is 0.0938. The molecule has 0 radical (unpaired) electrons. The second kappa shape index (κ2) is 6.62. The van der Waals surface area contributed by atoms with Crippen LogP contribution < -0.4 is 10.1 Å². The van der Waals surface area contributed by atoms with E-state index < -0.39 is 0 Å². The van der Waals surface area contributed by atoms with Gasteiger partial charge in [0, 0.05) is 49.1 Å². The molecule has 7 nitrogen and oxygen atoms in total. The number of nitrogens with zero attached hydrogens (tertiary/aromatic N) is 4. The summed E-state index contributed by atoms with van der Waals surface area (Å²) in [6.45, 7) is 1.25. The molecule has 0 aliphatic carbocycles. The summed E-state index contributed by atoms with van der Waals surface area (Å²) >= 11 is 0. The van der Waals surface area contributed by atoms with Gasteiger partial charge in [0.05, 0.1) is 13.3 Å². The van der Waals surface area contributed by atoms with Crippen LogP contribution in [0, 0.1) is 11.5 Å². The van der Waals surface area contributed by atoms with E-state index in [1.165, 1.54) is 0 Å². The summed E-state index contributed by atoms with van der Waals surface area (Å²) in [7, 11) is 3.43. The third-order valence-corrected chi connectivity index (χ3v) is 4.14. The first kappa shape index (κ1) is 15.9. The van der Waals surface area contributed by atoms with Crippen LogP contribution in [0.5, 0.6) is 5.75 Å². The van der Waals surface area contributed by atoms with E-state index in [1.807, 2.05) is 19.3 Å². The number of hydrogen-bond acceptors (Lipinski definition) is 5. The summed E-state index contributed by atoms with van der Waals surface area (Å²) in [4.78, 5) is 14.1. The van der Waals surface area contributed by atoms with E-state index in [1.54, 1.807) is 35.0 Å². The smallest absolute Gasteiger partial charge is 0.251 e. The van der Waals surface area contributed by atoms with Crippen LogP contribution in [-0.2, 0) is 7.05 Å². The Labute approximate surface area is 140 Å². The van der Waals surface area contributed by atoms with E-state index in [4.69, 9.17) is 10.00 Å². The maximum Gasteiger partial charge on any atom is 0.251 e. The lowest BCUT2D eigenvalue weighted by Crippen LogP contribution is -2.36. The number of hydrogen-bond donors (Lipinski definition) is 1. The predicted molar refractivity (Wildman–Crippen MR) is 88.3 cm³/mol. The highest BCUT2D eigenvalue weighted by Crippen LogP contribution is 2.30. The molecule has 1 saturated heterocycles. The SMILES string of the molecule is COc1cc(C(=O)N[C@@H]2CCN(C#N)C2)ccc1-c1cnn(C)c1. The number of likely N-dealkylation sites (tertiary alicyclic amines) is 1. The van der Waals surface area contributed by atoms with Gasteiger partial charge in [-0.2, -0.15) is 10.4 Å². The fourth-order valence-electron chi connectivity index (χ4n) is 2.87. The molecule has 0 saturated carbocycles. The molecule has 0 spiro atoms. The summed E-state index contributed by atoms with van der Waals surface area (Å²) < 4.78 is 7.15. The van der Waals surface area contributed by atoms with Crippen molar-refractivity contribution < 1.29 is 9.53 Å². The molecule has 124 valence electrons. The van der Waals surface area contributed by atoms with Crippen molar-refractivity contribution in [2.45, 2.75) is 12.5 Å². The normalized spacial score (nSPS) is 16.7. The summed E-state index contributed by atoms with van der Waals surface area (Å²) in [6, 6.07) is 5.37. The first-order chi connectivity index (χ1) is 11.6. The Morgan fingerprint density at radius 1 is 1.50 bits per heavy atom. The van der Waals surface area contributed by atoms with Gasteiger partial charge in [0.1, 0.15) is 5.75 Å². The van der Waals surface area contributed by atoms with Crippen molar-refractivity contribution >= 4 is 5.91 Å². The second-order valence-electron chi connectivity index (χ2n) is 5.82. The molecule has 3 rings (SSSR count). The maximum atomic E-state index is 12.4. The average Bonchev–Trinajstić information content (AvgIpc) is 3.23. The fraction of sp³-hybridized carbons (Fsp3) is 0.353. The third kappa shape index (κ3) is 3.18. The summed E-state index contributed by atoms with van der Waals surface area (Å²) in [5.41, 5.74) is 2.36. The lowest BCUT2D eigenvalue weighted by Gasteiger charge is -2.14. The monoisotopic (exact) mass is 325 g/mol. The number of rotatable bonds is 4. The molecule has 1 aliphatic rings. The predicted octanol–water partition coefficient (Wildman–Crippen LogP) is 1.38. The van der Waals surface area contributed by atoms with E-state index in [9.17, 15) is 4.79 Å². The first-order valence-corrected chi connectivity index (χ1v) is 7.73. The van der Waals surface area contributed by atoms with Crippen molar-refractivity contribution in [1.82, 2.24) is 20.0 Å². The highest BCUT2D eigenvalue weighted by Gasteiger charge is 2.23. The van der Waals surface area contributed by atoms with Crippen LogP contribution in [0.3, 0.4) is 0 Å². The van der Waals surface area contributed by atoms with Gasteiger partial charge in [-0.25, -0.2) is 0 Å². The van der Waals surface area contributed by atoms with Gasteiger partial charge in [0.25, 0.3) is 5.91 Å². The van der Waals surface area contributed by atoms with Crippen molar-refractivity contribution in [1.29, 1.82) is 5.26 Å². The molecule has 0 unspecified atom stereocenters. The number of methoxy groups -OCH3 is 1. The van der Waals surface area contributed by atoms with Gasteiger partial charge < -0.3 is 15.0 Å². The van der Waals surface area contributed by atoms with Gasteiger partial charge in [-0.15, -0.1) is 0 Å². The Kier molecular flexibility index (Phi) is 4.38. The van der Waals surface area contributed by atoms with Crippen molar-refractivity contribution in [3.8, 4) is 23.1 Å². The van der Waals surface area contributed by atoms with Gasteiger partial charge in [-0.05, 0) is 24.6 Å². The number of benzene rings is 1. The number of carbonyl (C=O) groups excluding carboxylic acids is 1. The van der Waals surface area contributed by atoms with Crippen LogP contribution in [0.15, 0.2) is 30.6 Å². The number of aryl methyl sites for hydroxylation is 1. The minimum atomic E-state index is -0.157. The van der Waals surface area contributed by atoms with Crippen LogP contribution in [0.25, 0.3) is 11.1 Å². The minimum Gasteiger partial charge on any atom is -0.496 e. The van der Waals surface area contributed by atoms with Crippen molar-refractivity contribution in [2.75, 3.05) is 20.2 Å². The highest BCUT2D eigenvalue weighted by molar-refractivity contribution is 5.95. The summed E-state index contributed by atoms with van der Waals surface area (Å²) in [5, 5.41) is 16.0. The van der Waals surface area contributed by atoms with E-state index >= 15 is 0 Å².